The van der Waals surface area contributed by atoms with E-state index in [4.69, 9.17) is 55.9 Å². The lowest BCUT2D eigenvalue weighted by molar-refractivity contribution is -0.134. The summed E-state index contributed by atoms with van der Waals surface area (Å²) in [5.74, 6) is -3.98. The number of benzene rings is 12. The number of hydrogen-bond acceptors (Lipinski definition) is 8. The maximum Gasteiger partial charge on any atom is 0.315 e. The second-order valence-electron chi connectivity index (χ2n) is 23.5. The minimum Gasteiger partial charge on any atom is -0.424 e. The summed E-state index contributed by atoms with van der Waals surface area (Å²) in [6.07, 6.45) is 1.28. The SMILES string of the molecule is CCC(C)(C)c1ccc(OC(=O)Cc2ccc3ccc4cccc5ccc2c3c45)c(N2C(=O)c3ccc4c5c(ccc(c35)C2=O)C(=O)N(c2cc(C(C)(C)CC)ccc2OC(=O)Cc2ccc3ccc5cccc6ccc2c3c56)C4=O)c1.ClCCl.ClCCl. The van der Waals surface area contributed by atoms with Crippen molar-refractivity contribution in [3.8, 4) is 11.5 Å². The number of carbonyl (C=O) groups excluding carboxylic acids is 6. The molecule has 0 spiro atoms. The van der Waals surface area contributed by atoms with Gasteiger partial charge in [0.15, 0.2) is 11.5 Å². The first kappa shape index (κ1) is 59.7. The molecule has 12 aromatic rings. The summed E-state index contributed by atoms with van der Waals surface area (Å²) in [6.45, 7) is 12.3. The Labute approximate surface area is 528 Å². The van der Waals surface area contributed by atoms with Crippen LogP contribution >= 0.6 is 46.4 Å². The maximum absolute atomic E-state index is 15.2. The van der Waals surface area contributed by atoms with E-state index in [0.29, 0.717) is 0 Å². The van der Waals surface area contributed by atoms with Crippen molar-refractivity contribution >= 4 is 169 Å². The molecule has 12 aromatic carbocycles. The first-order chi connectivity index (χ1) is 42.4. The average molecular weight is 1250 g/mol. The minimum absolute atomic E-state index is 0.0241. The van der Waals surface area contributed by atoms with E-state index in [2.05, 4.69) is 88.4 Å². The number of hydrogen-bond donors (Lipinski definition) is 0. The number of nitrogens with zero attached hydrogens (tertiary/aromatic N) is 2. The number of esters is 2. The fourth-order valence-electron chi connectivity index (χ4n) is 12.6. The van der Waals surface area contributed by atoms with Crippen LogP contribution in [0.4, 0.5) is 11.4 Å². The summed E-state index contributed by atoms with van der Waals surface area (Å²) in [6, 6.07) is 53.3. The predicted octanol–water partition coefficient (Wildman–Crippen LogP) is 18.8. The topological polar surface area (TPSA) is 127 Å². The van der Waals surface area contributed by atoms with Crippen molar-refractivity contribution in [2.75, 3.05) is 20.5 Å². The van der Waals surface area contributed by atoms with E-state index >= 15 is 19.2 Å². The Morgan fingerprint density at radius 3 is 1.00 bits per heavy atom. The van der Waals surface area contributed by atoms with Gasteiger partial charge in [-0.2, -0.15) is 0 Å². The smallest absolute Gasteiger partial charge is 0.315 e. The zero-order chi connectivity index (χ0) is 62.1. The fourth-order valence-corrected chi connectivity index (χ4v) is 12.6. The highest BCUT2D eigenvalue weighted by Gasteiger charge is 2.43. The zero-order valence-electron chi connectivity index (χ0n) is 49.1. The van der Waals surface area contributed by atoms with E-state index in [9.17, 15) is 9.59 Å². The number of alkyl halides is 4. The van der Waals surface area contributed by atoms with Crippen LogP contribution in [-0.4, -0.2) is 46.2 Å². The third-order valence-electron chi connectivity index (χ3n) is 18.0. The molecule has 0 unspecified atom stereocenters. The molecule has 0 fully saturated rings. The number of rotatable bonds is 12. The molecule has 0 atom stereocenters. The number of amides is 4. The molecule has 0 bridgehead atoms. The summed E-state index contributed by atoms with van der Waals surface area (Å²) < 4.78 is 12.5. The van der Waals surface area contributed by atoms with E-state index in [0.717, 1.165) is 110 Å². The molecule has 10 nitrogen and oxygen atoms in total. The molecule has 2 aliphatic heterocycles. The molecule has 4 amide bonds. The average Bonchev–Trinajstić information content (AvgIpc) is 0.841. The standard InChI is InChI=1S/C72H54N2O8.2CH2Cl2/c1-7-71(3,4)47-25-33-57(81-59(75)35-45-21-19-43-17-15-39-11-9-13-41-23-27-49(45)63(43)61(39)41)55(37-47)73-67(77)51-29-31-53-66-54(32-30-52(65(51)66)68(73)78)70(80)74(69(53)79)56-38-48(72(5,6)8-2)26-34-58(56)82-60(76)36-46-22-20-44-18-16-40-12-10-14-42-24-28-50(46)64(44)62(40)42;2*2-1-3/h9-34,37-38H,7-8,35-36H2,1-6H3;2*1H2. The van der Waals surface area contributed by atoms with E-state index in [-0.39, 0.29) is 79.4 Å². The summed E-state index contributed by atoms with van der Waals surface area (Å²) in [5, 5.41) is 13.5. The molecule has 14 heteroatoms. The quantitative estimate of drug-likeness (QED) is 0.0389. The number of ether oxygens (including phenoxy) is 2. The third-order valence-corrected chi connectivity index (χ3v) is 18.0. The van der Waals surface area contributed by atoms with Crippen molar-refractivity contribution in [2.45, 2.75) is 78.1 Å². The van der Waals surface area contributed by atoms with Gasteiger partial charge in [-0.1, -0.05) is 163 Å². The molecule has 0 aromatic heterocycles. The highest BCUT2D eigenvalue weighted by Crippen LogP contribution is 2.46. The highest BCUT2D eigenvalue weighted by atomic mass is 35.5. The molecule has 440 valence electrons. The van der Waals surface area contributed by atoms with Gasteiger partial charge < -0.3 is 9.47 Å². The second-order valence-corrected chi connectivity index (χ2v) is 25.1. The molecule has 88 heavy (non-hydrogen) atoms. The Hall–Kier alpha value is -8.64. The zero-order valence-corrected chi connectivity index (χ0v) is 52.1. The van der Waals surface area contributed by atoms with Gasteiger partial charge in [-0.05, 0) is 159 Å². The van der Waals surface area contributed by atoms with Crippen LogP contribution in [0.3, 0.4) is 0 Å². The molecule has 2 aliphatic rings. The Balaban J connectivity index is 0.00000121. The summed E-state index contributed by atoms with van der Waals surface area (Å²) in [4.78, 5) is 91.4. The first-order valence-electron chi connectivity index (χ1n) is 29.0. The van der Waals surface area contributed by atoms with Crippen molar-refractivity contribution in [3.63, 3.8) is 0 Å². The predicted molar refractivity (Wildman–Crippen MR) is 358 cm³/mol. The molecular formula is C74H58Cl4N2O8. The fraction of sp³-hybridized carbons (Fsp3) is 0.189. The van der Waals surface area contributed by atoms with Gasteiger partial charge in [-0.15, -0.1) is 46.4 Å². The number of anilines is 2. The Morgan fingerprint density at radius 1 is 0.386 bits per heavy atom. The lowest BCUT2D eigenvalue weighted by Gasteiger charge is -2.34. The van der Waals surface area contributed by atoms with Crippen molar-refractivity contribution in [2.24, 2.45) is 0 Å². The van der Waals surface area contributed by atoms with Gasteiger partial charge in [-0.25, -0.2) is 9.80 Å². The summed E-state index contributed by atoms with van der Waals surface area (Å²) in [7, 11) is 0. The largest absolute Gasteiger partial charge is 0.424 e. The molecule has 0 radical (unpaired) electrons. The van der Waals surface area contributed by atoms with Crippen LogP contribution in [0, 0.1) is 0 Å². The van der Waals surface area contributed by atoms with Gasteiger partial charge >= 0.3 is 11.9 Å². The molecular weight excluding hydrogens is 1190 g/mol. The van der Waals surface area contributed by atoms with Crippen LogP contribution in [0.15, 0.2) is 170 Å². The Bertz CT molecular complexity index is 4470. The number of imide groups is 2. The monoisotopic (exact) mass is 1240 g/mol. The second kappa shape index (κ2) is 23.5. The van der Waals surface area contributed by atoms with Crippen molar-refractivity contribution in [1.82, 2.24) is 0 Å². The lowest BCUT2D eigenvalue weighted by Crippen LogP contribution is -2.44. The van der Waals surface area contributed by atoms with Crippen molar-refractivity contribution in [1.29, 1.82) is 0 Å². The summed E-state index contributed by atoms with van der Waals surface area (Å²) in [5.41, 5.74) is 2.89. The molecule has 0 N–H and O–H groups in total. The van der Waals surface area contributed by atoms with Gasteiger partial charge in [0.2, 0.25) is 0 Å². The van der Waals surface area contributed by atoms with Crippen LogP contribution in [0.5, 0.6) is 11.5 Å². The maximum atomic E-state index is 15.2. The van der Waals surface area contributed by atoms with Gasteiger partial charge in [0.25, 0.3) is 23.6 Å². The molecule has 2 heterocycles. The number of carbonyl (C=O) groups is 6. The van der Waals surface area contributed by atoms with Crippen LogP contribution in [0.25, 0.3) is 75.4 Å². The van der Waals surface area contributed by atoms with Gasteiger partial charge in [-0.3, -0.25) is 28.8 Å². The molecule has 0 saturated heterocycles. The van der Waals surface area contributed by atoms with Crippen molar-refractivity contribution < 1.29 is 38.2 Å². The van der Waals surface area contributed by atoms with Crippen LogP contribution in [0.2, 0.25) is 0 Å². The Morgan fingerprint density at radius 2 is 0.682 bits per heavy atom. The molecule has 14 rings (SSSR count). The first-order valence-corrected chi connectivity index (χ1v) is 31.1. The highest BCUT2D eigenvalue weighted by molar-refractivity contribution is 6.43. The van der Waals surface area contributed by atoms with E-state index < -0.39 is 46.4 Å². The molecule has 0 aliphatic carbocycles. The molecule has 0 saturated carbocycles. The van der Waals surface area contributed by atoms with E-state index in [1.165, 1.54) is 24.3 Å². The number of halogens is 4. The van der Waals surface area contributed by atoms with Crippen molar-refractivity contribution in [3.05, 3.63) is 214 Å². The van der Waals surface area contributed by atoms with E-state index in [1.54, 1.807) is 24.3 Å². The minimum atomic E-state index is -0.715. The van der Waals surface area contributed by atoms with Gasteiger partial charge in [0.1, 0.15) is 0 Å². The van der Waals surface area contributed by atoms with Crippen LogP contribution in [-0.2, 0) is 33.3 Å². The summed E-state index contributed by atoms with van der Waals surface area (Å²) >= 11 is 19.1. The third kappa shape index (κ3) is 10.1. The van der Waals surface area contributed by atoms with Crippen LogP contribution < -0.4 is 19.3 Å². The van der Waals surface area contributed by atoms with Gasteiger partial charge in [0, 0.05) is 33.0 Å². The normalized spacial score (nSPS) is 13.3. The van der Waals surface area contributed by atoms with E-state index in [1.807, 2.05) is 74.5 Å². The van der Waals surface area contributed by atoms with Crippen LogP contribution in [0.1, 0.15) is 118 Å². The van der Waals surface area contributed by atoms with Gasteiger partial charge in [0.05, 0.1) is 34.9 Å². The Kier molecular flexibility index (Phi) is 15.9. The lowest BCUT2D eigenvalue weighted by atomic mass is 9.81.